The van der Waals surface area contributed by atoms with Crippen molar-refractivity contribution in [3.8, 4) is 23.0 Å². The van der Waals surface area contributed by atoms with E-state index in [1.54, 1.807) is 0 Å². The Bertz CT molecular complexity index is 1050. The first-order valence-corrected chi connectivity index (χ1v) is 11.7. The molecule has 2 aromatic rings. The van der Waals surface area contributed by atoms with Crippen molar-refractivity contribution in [1.82, 2.24) is 5.32 Å². The SMILES string of the molecule is CCCOC(NC(=O)Oc1ccc([N+](=O)[O-])cc1)(OC)C1CCC(c2cc(OC)c(OC)c(OC)c2)O1. The van der Waals surface area contributed by atoms with Crippen LogP contribution in [0.15, 0.2) is 36.4 Å². The van der Waals surface area contributed by atoms with Crippen LogP contribution in [-0.4, -0.2) is 58.1 Å². The first-order valence-electron chi connectivity index (χ1n) is 11.7. The number of hydrogen-bond donors (Lipinski definition) is 1. The molecule has 0 aromatic heterocycles. The lowest BCUT2D eigenvalue weighted by Crippen LogP contribution is -2.60. The van der Waals surface area contributed by atoms with Gasteiger partial charge in [-0.05, 0) is 49.1 Å². The van der Waals surface area contributed by atoms with Crippen LogP contribution >= 0.6 is 0 Å². The molecule has 3 unspecified atom stereocenters. The molecular weight excluding hydrogens is 488 g/mol. The number of amides is 1. The van der Waals surface area contributed by atoms with Gasteiger partial charge in [0.25, 0.3) is 11.6 Å². The topological polar surface area (TPSA) is 137 Å². The zero-order chi connectivity index (χ0) is 27.0. The van der Waals surface area contributed by atoms with Crippen molar-refractivity contribution in [3.63, 3.8) is 0 Å². The summed E-state index contributed by atoms with van der Waals surface area (Å²) in [5.41, 5.74) is 0.674. The van der Waals surface area contributed by atoms with E-state index in [0.717, 1.165) is 5.56 Å². The summed E-state index contributed by atoms with van der Waals surface area (Å²) in [5.74, 6) is -0.0610. The molecule has 1 fully saturated rings. The van der Waals surface area contributed by atoms with Gasteiger partial charge in [-0.1, -0.05) is 6.92 Å². The summed E-state index contributed by atoms with van der Waals surface area (Å²) < 4.78 is 39.6. The minimum Gasteiger partial charge on any atom is -0.493 e. The molecule has 3 atom stereocenters. The summed E-state index contributed by atoms with van der Waals surface area (Å²) in [6.07, 6.45) is -0.164. The molecule has 12 heteroatoms. The van der Waals surface area contributed by atoms with Gasteiger partial charge in [0.2, 0.25) is 5.75 Å². The van der Waals surface area contributed by atoms with E-state index in [1.807, 2.05) is 19.1 Å². The molecule has 1 N–H and O–H groups in total. The number of methoxy groups -OCH3 is 4. The van der Waals surface area contributed by atoms with Gasteiger partial charge in [0.15, 0.2) is 11.5 Å². The minimum absolute atomic E-state index is 0.117. The van der Waals surface area contributed by atoms with Crippen molar-refractivity contribution in [2.75, 3.05) is 35.0 Å². The largest absolute Gasteiger partial charge is 0.493 e. The van der Waals surface area contributed by atoms with Gasteiger partial charge in [-0.15, -0.1) is 0 Å². The molecule has 1 amide bonds. The van der Waals surface area contributed by atoms with E-state index in [9.17, 15) is 14.9 Å². The van der Waals surface area contributed by atoms with Gasteiger partial charge in [0.05, 0.1) is 39.0 Å². The number of nitrogens with one attached hydrogen (secondary N) is 1. The normalized spacial score (nSPS) is 18.5. The highest BCUT2D eigenvalue weighted by molar-refractivity contribution is 5.71. The predicted octanol–water partition coefficient (Wildman–Crippen LogP) is 4.36. The Hall–Kier alpha value is -3.61. The van der Waals surface area contributed by atoms with Gasteiger partial charge >= 0.3 is 6.09 Å². The summed E-state index contributed by atoms with van der Waals surface area (Å²) in [7, 11) is 6.00. The van der Waals surface area contributed by atoms with Crippen molar-refractivity contribution >= 4 is 11.8 Å². The number of benzene rings is 2. The Kier molecular flexibility index (Phi) is 9.50. The lowest BCUT2D eigenvalue weighted by Gasteiger charge is -2.36. The quantitative estimate of drug-likeness (QED) is 0.244. The number of hydrogen-bond acceptors (Lipinski definition) is 10. The predicted molar refractivity (Wildman–Crippen MR) is 131 cm³/mol. The first-order chi connectivity index (χ1) is 17.8. The molecule has 3 rings (SSSR count). The van der Waals surface area contributed by atoms with E-state index in [0.29, 0.717) is 36.5 Å². The molecule has 0 spiro atoms. The standard InChI is InChI=1S/C25H32N2O10/c1-6-13-35-25(34-5,26-24(28)36-18-9-7-17(8-10-18)27(29)30)22-12-11-19(37-22)16-14-20(31-2)23(33-4)21(15-16)32-3/h7-10,14-15,19,22H,6,11-13H2,1-5H3,(H,26,28). The van der Waals surface area contributed by atoms with Crippen molar-refractivity contribution in [3.05, 3.63) is 52.1 Å². The van der Waals surface area contributed by atoms with Crippen molar-refractivity contribution in [2.45, 2.75) is 44.3 Å². The molecule has 37 heavy (non-hydrogen) atoms. The lowest BCUT2D eigenvalue weighted by molar-refractivity contribution is -0.384. The summed E-state index contributed by atoms with van der Waals surface area (Å²) in [6.45, 7) is 2.20. The number of ether oxygens (including phenoxy) is 7. The van der Waals surface area contributed by atoms with Gasteiger partial charge in [-0.2, -0.15) is 0 Å². The van der Waals surface area contributed by atoms with Gasteiger partial charge in [0.1, 0.15) is 11.9 Å². The Morgan fingerprint density at radius 1 is 1.08 bits per heavy atom. The summed E-state index contributed by atoms with van der Waals surface area (Å²) in [5, 5.41) is 13.5. The molecule has 0 aliphatic carbocycles. The molecule has 0 radical (unpaired) electrons. The molecule has 1 aliphatic heterocycles. The van der Waals surface area contributed by atoms with Gasteiger partial charge in [-0.25, -0.2) is 4.79 Å². The molecule has 1 saturated heterocycles. The van der Waals surface area contributed by atoms with Crippen LogP contribution < -0.4 is 24.3 Å². The van der Waals surface area contributed by atoms with E-state index in [-0.39, 0.29) is 24.1 Å². The fraction of sp³-hybridized carbons (Fsp3) is 0.480. The average Bonchev–Trinajstić information content (AvgIpc) is 3.41. The fourth-order valence-electron chi connectivity index (χ4n) is 4.06. The van der Waals surface area contributed by atoms with E-state index >= 15 is 0 Å². The molecule has 2 aromatic carbocycles. The van der Waals surface area contributed by atoms with E-state index in [1.165, 1.54) is 52.7 Å². The zero-order valence-electron chi connectivity index (χ0n) is 21.5. The molecule has 0 bridgehead atoms. The highest BCUT2D eigenvalue weighted by Gasteiger charge is 2.48. The molecular formula is C25H32N2O10. The molecule has 202 valence electrons. The van der Waals surface area contributed by atoms with Crippen LogP contribution in [0.3, 0.4) is 0 Å². The average molecular weight is 521 g/mol. The highest BCUT2D eigenvalue weighted by Crippen LogP contribution is 2.44. The highest BCUT2D eigenvalue weighted by atomic mass is 16.7. The third-order valence-electron chi connectivity index (χ3n) is 5.86. The number of rotatable bonds is 12. The minimum atomic E-state index is -1.64. The Morgan fingerprint density at radius 3 is 2.24 bits per heavy atom. The van der Waals surface area contributed by atoms with Crippen molar-refractivity contribution < 1.29 is 42.9 Å². The Labute approximate surface area is 214 Å². The number of carbonyl (C=O) groups is 1. The van der Waals surface area contributed by atoms with Crippen LogP contribution in [0.5, 0.6) is 23.0 Å². The van der Waals surface area contributed by atoms with Crippen molar-refractivity contribution in [2.24, 2.45) is 0 Å². The maximum Gasteiger partial charge on any atom is 0.416 e. The smallest absolute Gasteiger partial charge is 0.416 e. The molecule has 12 nitrogen and oxygen atoms in total. The van der Waals surface area contributed by atoms with E-state index < -0.39 is 23.0 Å². The monoisotopic (exact) mass is 520 g/mol. The zero-order valence-corrected chi connectivity index (χ0v) is 21.5. The Morgan fingerprint density at radius 2 is 1.73 bits per heavy atom. The van der Waals surface area contributed by atoms with Gasteiger partial charge < -0.3 is 33.2 Å². The summed E-state index contributed by atoms with van der Waals surface area (Å²) in [6, 6.07) is 8.75. The van der Waals surface area contributed by atoms with Crippen LogP contribution in [0, 0.1) is 10.1 Å². The number of non-ortho nitro benzene ring substituents is 1. The second kappa shape index (κ2) is 12.6. The number of carbonyl (C=O) groups excluding carboxylic acids is 1. The van der Waals surface area contributed by atoms with Gasteiger partial charge in [-0.3, -0.25) is 15.4 Å². The first kappa shape index (κ1) is 28.0. The maximum absolute atomic E-state index is 12.8. The number of nitro benzene ring substituents is 1. The van der Waals surface area contributed by atoms with Crippen LogP contribution in [0.4, 0.5) is 10.5 Å². The lowest BCUT2D eigenvalue weighted by atomic mass is 10.0. The summed E-state index contributed by atoms with van der Waals surface area (Å²) >= 11 is 0. The van der Waals surface area contributed by atoms with Crippen LogP contribution in [-0.2, 0) is 14.2 Å². The van der Waals surface area contributed by atoms with Crippen LogP contribution in [0.2, 0.25) is 0 Å². The number of nitrogens with zero attached hydrogens (tertiary/aromatic N) is 1. The third kappa shape index (κ3) is 6.40. The summed E-state index contributed by atoms with van der Waals surface area (Å²) in [4.78, 5) is 23.1. The van der Waals surface area contributed by atoms with Crippen LogP contribution in [0.1, 0.15) is 37.9 Å². The van der Waals surface area contributed by atoms with Gasteiger partial charge in [0, 0.05) is 19.2 Å². The molecule has 1 heterocycles. The fourth-order valence-corrected chi connectivity index (χ4v) is 4.06. The second-order valence-electron chi connectivity index (χ2n) is 8.14. The number of nitro groups is 1. The Balaban J connectivity index is 1.80. The van der Waals surface area contributed by atoms with E-state index in [2.05, 4.69) is 5.32 Å². The maximum atomic E-state index is 12.8. The molecule has 1 aliphatic rings. The molecule has 0 saturated carbocycles. The van der Waals surface area contributed by atoms with E-state index in [4.69, 9.17) is 33.2 Å². The third-order valence-corrected chi connectivity index (χ3v) is 5.86. The second-order valence-corrected chi connectivity index (χ2v) is 8.14. The van der Waals surface area contributed by atoms with Crippen molar-refractivity contribution in [1.29, 1.82) is 0 Å². The van der Waals surface area contributed by atoms with Crippen LogP contribution in [0.25, 0.3) is 0 Å².